The van der Waals surface area contributed by atoms with Gasteiger partial charge in [0.05, 0.1) is 12.0 Å². The number of carboxylic acids is 1. The number of hydrogen-bond acceptors (Lipinski definition) is 3. The van der Waals surface area contributed by atoms with Crippen LogP contribution in [0.2, 0.25) is 0 Å². The van der Waals surface area contributed by atoms with Crippen molar-refractivity contribution in [3.05, 3.63) is 88.8 Å². The number of benzene rings is 2. The Morgan fingerprint density at radius 2 is 1.69 bits per heavy atom. The Bertz CT molecular complexity index is 1050. The summed E-state index contributed by atoms with van der Waals surface area (Å²) in [5.41, 5.74) is 4.81. The molecular formula is C25H21FNO2-. The minimum atomic E-state index is -1.11. The molecule has 0 fully saturated rings. The highest BCUT2D eigenvalue weighted by Crippen LogP contribution is 2.58. The molecule has 0 bridgehead atoms. The maximum Gasteiger partial charge on any atom is 0.123 e. The van der Waals surface area contributed by atoms with Crippen LogP contribution < -0.4 is 10.0 Å². The molecule has 6 rings (SSSR count). The minimum Gasteiger partial charge on any atom is -0.545 e. The number of fused-ring (bicyclic) bond motifs is 4. The van der Waals surface area contributed by atoms with Crippen LogP contribution in [0.3, 0.4) is 0 Å². The lowest BCUT2D eigenvalue weighted by atomic mass is 9.70. The molecule has 4 heteroatoms. The van der Waals surface area contributed by atoms with Crippen LogP contribution in [-0.2, 0) is 0 Å². The van der Waals surface area contributed by atoms with Crippen molar-refractivity contribution in [2.45, 2.75) is 30.7 Å². The van der Waals surface area contributed by atoms with Crippen LogP contribution in [0.5, 0.6) is 0 Å². The second-order valence-corrected chi connectivity index (χ2v) is 8.74. The summed E-state index contributed by atoms with van der Waals surface area (Å²) in [7, 11) is 0. The second kappa shape index (κ2) is 6.06. The number of carbonyl (C=O) groups excluding carboxylic acids is 1. The number of allylic oxidation sites excluding steroid dienone is 4. The second-order valence-electron chi connectivity index (χ2n) is 8.74. The monoisotopic (exact) mass is 386 g/mol. The van der Waals surface area contributed by atoms with E-state index in [1.807, 2.05) is 24.3 Å². The molecule has 4 aliphatic rings. The number of rotatable bonds is 2. The predicted octanol–water partition coefficient (Wildman–Crippen LogP) is 4.08. The molecule has 0 saturated carbocycles. The van der Waals surface area contributed by atoms with Crippen LogP contribution in [0.15, 0.2) is 60.7 Å². The van der Waals surface area contributed by atoms with E-state index >= 15 is 0 Å². The minimum absolute atomic E-state index is 0.164. The van der Waals surface area contributed by atoms with Crippen LogP contribution in [0, 0.1) is 17.7 Å². The Balaban J connectivity index is 1.59. The van der Waals surface area contributed by atoms with E-state index < -0.39 is 5.97 Å². The molecule has 29 heavy (non-hydrogen) atoms. The number of hydrogen-bond donors (Lipinski definition) is 0. The molecule has 0 amide bonds. The Hall–Kier alpha value is -2.88. The van der Waals surface area contributed by atoms with Gasteiger partial charge in [0.1, 0.15) is 5.82 Å². The van der Waals surface area contributed by atoms with Gasteiger partial charge in [-0.1, -0.05) is 36.4 Å². The summed E-state index contributed by atoms with van der Waals surface area (Å²) in [5, 5.41) is 11.8. The van der Waals surface area contributed by atoms with Crippen molar-refractivity contribution in [2.75, 3.05) is 11.4 Å². The molecule has 146 valence electrons. The third-order valence-corrected chi connectivity index (χ3v) is 7.30. The van der Waals surface area contributed by atoms with Crippen LogP contribution in [-0.4, -0.2) is 12.5 Å². The fourth-order valence-corrected chi connectivity index (χ4v) is 6.13. The van der Waals surface area contributed by atoms with Crippen molar-refractivity contribution in [1.82, 2.24) is 0 Å². The first-order valence-electron chi connectivity index (χ1n) is 10.4. The zero-order chi connectivity index (χ0) is 19.7. The summed E-state index contributed by atoms with van der Waals surface area (Å²) in [4.78, 5) is 14.2. The van der Waals surface area contributed by atoms with E-state index in [4.69, 9.17) is 0 Å². The molecule has 3 nitrogen and oxygen atoms in total. The first kappa shape index (κ1) is 17.0. The number of halogens is 1. The summed E-state index contributed by atoms with van der Waals surface area (Å²) in [6, 6.07) is 10.7. The number of carboxylic acid groups (broad SMARTS) is 1. The molecule has 2 aliphatic carbocycles. The molecule has 0 saturated heterocycles. The van der Waals surface area contributed by atoms with Gasteiger partial charge in [0.25, 0.3) is 0 Å². The number of aromatic carboxylic acids is 1. The first-order valence-corrected chi connectivity index (χ1v) is 10.4. The third-order valence-electron chi connectivity index (χ3n) is 7.30. The van der Waals surface area contributed by atoms with Gasteiger partial charge in [-0.05, 0) is 71.2 Å². The Kier molecular flexibility index (Phi) is 3.55. The lowest BCUT2D eigenvalue weighted by molar-refractivity contribution is -0.255. The molecule has 0 aromatic heterocycles. The van der Waals surface area contributed by atoms with Crippen molar-refractivity contribution in [1.29, 1.82) is 0 Å². The zero-order valence-electron chi connectivity index (χ0n) is 15.9. The van der Waals surface area contributed by atoms with E-state index in [9.17, 15) is 14.3 Å². The van der Waals surface area contributed by atoms with Crippen molar-refractivity contribution < 1.29 is 14.3 Å². The summed E-state index contributed by atoms with van der Waals surface area (Å²) in [6.07, 6.45) is 10.8. The molecule has 2 aromatic carbocycles. The molecule has 0 spiro atoms. The average Bonchev–Trinajstić information content (AvgIpc) is 3.38. The van der Waals surface area contributed by atoms with E-state index in [0.29, 0.717) is 11.8 Å². The van der Waals surface area contributed by atoms with E-state index in [1.54, 1.807) is 12.1 Å². The van der Waals surface area contributed by atoms with Gasteiger partial charge in [-0.15, -0.1) is 0 Å². The fraction of sp³-hybridized carbons (Fsp3) is 0.320. The molecule has 0 N–H and O–H groups in total. The van der Waals surface area contributed by atoms with Gasteiger partial charge >= 0.3 is 0 Å². The third kappa shape index (κ3) is 2.38. The van der Waals surface area contributed by atoms with Gasteiger partial charge in [0.15, 0.2) is 0 Å². The van der Waals surface area contributed by atoms with Gasteiger partial charge in [0, 0.05) is 24.1 Å². The van der Waals surface area contributed by atoms with Gasteiger partial charge in [-0.25, -0.2) is 4.39 Å². The lowest BCUT2D eigenvalue weighted by Gasteiger charge is -2.51. The molecular weight excluding hydrogens is 365 g/mol. The topological polar surface area (TPSA) is 43.4 Å². The molecule has 0 unspecified atom stereocenters. The van der Waals surface area contributed by atoms with Crippen LogP contribution in [0.25, 0.3) is 0 Å². The zero-order valence-corrected chi connectivity index (χ0v) is 15.9. The number of anilines is 1. The van der Waals surface area contributed by atoms with Crippen molar-refractivity contribution in [2.24, 2.45) is 11.8 Å². The van der Waals surface area contributed by atoms with E-state index in [0.717, 1.165) is 36.1 Å². The van der Waals surface area contributed by atoms with Crippen molar-refractivity contribution >= 4 is 11.7 Å². The quantitative estimate of drug-likeness (QED) is 0.731. The Morgan fingerprint density at radius 3 is 2.45 bits per heavy atom. The largest absolute Gasteiger partial charge is 0.545 e. The maximum absolute atomic E-state index is 13.6. The number of carbonyl (C=O) groups is 1. The van der Waals surface area contributed by atoms with Gasteiger partial charge < -0.3 is 14.8 Å². The lowest BCUT2D eigenvalue weighted by Crippen LogP contribution is -2.46. The number of nitrogens with zero attached hydrogens (tertiary/aromatic N) is 1. The van der Waals surface area contributed by atoms with E-state index in [2.05, 4.69) is 29.2 Å². The van der Waals surface area contributed by atoms with Crippen LogP contribution >= 0.6 is 0 Å². The standard InChI is InChI=1S/C25H22FNO2/c26-17-9-7-14(8-10-17)23-20-6-2-5-19(20)22-12-16(25(28)29)11-21-18-4-1-3-15(18)13-27(23)24(21)22/h1-2,4-5,7-12,15,18-20,23H,3,6,13H2,(H,28,29)/p-1/t15-,18+,19+,20+,23-/m1/s1. The predicted molar refractivity (Wildman–Crippen MR) is 107 cm³/mol. The summed E-state index contributed by atoms with van der Waals surface area (Å²) >= 11 is 0. The van der Waals surface area contributed by atoms with Gasteiger partial charge in [0.2, 0.25) is 0 Å². The summed E-state index contributed by atoms with van der Waals surface area (Å²) in [5.74, 6) is -0.126. The normalized spacial score (nSPS) is 30.8. The van der Waals surface area contributed by atoms with E-state index in [1.165, 1.54) is 5.69 Å². The molecule has 2 aliphatic heterocycles. The molecule has 2 heterocycles. The first-order chi connectivity index (χ1) is 14.1. The van der Waals surface area contributed by atoms with Gasteiger partial charge in [-0.2, -0.15) is 0 Å². The van der Waals surface area contributed by atoms with Gasteiger partial charge in [-0.3, -0.25) is 0 Å². The van der Waals surface area contributed by atoms with E-state index in [-0.39, 0.29) is 29.3 Å². The fourth-order valence-electron chi connectivity index (χ4n) is 6.13. The SMILES string of the molecule is O=C([O-])c1cc2c3c(c1)[C@H]1C=CC[C@@H]1[C@@H](c1ccc(F)cc1)N3C[C@H]1CC=C[C@H]21. The molecule has 2 aromatic rings. The summed E-state index contributed by atoms with van der Waals surface area (Å²) < 4.78 is 13.6. The highest BCUT2D eigenvalue weighted by molar-refractivity contribution is 5.89. The average molecular weight is 386 g/mol. The summed E-state index contributed by atoms with van der Waals surface area (Å²) in [6.45, 7) is 0.938. The Morgan fingerprint density at radius 1 is 1.00 bits per heavy atom. The smallest absolute Gasteiger partial charge is 0.123 e. The molecule has 0 radical (unpaired) electrons. The Labute approximate surface area is 169 Å². The van der Waals surface area contributed by atoms with Crippen molar-refractivity contribution in [3.63, 3.8) is 0 Å². The molecule has 5 atom stereocenters. The highest BCUT2D eigenvalue weighted by Gasteiger charge is 2.47. The highest BCUT2D eigenvalue weighted by atomic mass is 19.1. The maximum atomic E-state index is 13.6. The van der Waals surface area contributed by atoms with Crippen LogP contribution in [0.1, 0.15) is 57.8 Å². The van der Waals surface area contributed by atoms with Crippen LogP contribution in [0.4, 0.5) is 10.1 Å². The van der Waals surface area contributed by atoms with Crippen molar-refractivity contribution in [3.8, 4) is 0 Å².